The fraction of sp³-hybridized carbons (Fsp3) is 0.350. The van der Waals surface area contributed by atoms with Crippen molar-refractivity contribution in [1.82, 2.24) is 14.8 Å². The highest BCUT2D eigenvalue weighted by atomic mass is 16.5. The van der Waals surface area contributed by atoms with Crippen LogP contribution < -0.4 is 0 Å². The van der Waals surface area contributed by atoms with E-state index in [-0.39, 0.29) is 36.1 Å². The molecule has 1 spiro atoms. The maximum atomic E-state index is 13.0. The van der Waals surface area contributed by atoms with Crippen LogP contribution >= 0.6 is 0 Å². The first-order valence-electron chi connectivity index (χ1n) is 9.07. The molecule has 4 heterocycles. The SMILES string of the molecule is O=C(c1cncc(O)c1)N1CC[C@@]23O[C@H](c4ccccc4)CN2C(=O)C[C@@H]13. The Hall–Kier alpha value is -2.93. The van der Waals surface area contributed by atoms with E-state index in [0.717, 1.165) is 5.56 Å². The standard InChI is InChI=1S/C20H19N3O4/c24-15-8-14(10-21-11-15)19(26)22-7-6-20-17(22)9-18(25)23(20)12-16(27-20)13-4-2-1-3-5-13/h1-5,8,10-11,16-17,24H,6-7,9,12H2/t16-,17+,20-/m0/s1. The normalized spacial score (nSPS) is 29.1. The molecule has 0 bridgehead atoms. The highest BCUT2D eigenvalue weighted by Crippen LogP contribution is 2.50. The first-order valence-corrected chi connectivity index (χ1v) is 9.07. The van der Waals surface area contributed by atoms with Gasteiger partial charge in [0.1, 0.15) is 11.9 Å². The van der Waals surface area contributed by atoms with E-state index in [1.165, 1.54) is 18.5 Å². The van der Waals surface area contributed by atoms with Gasteiger partial charge in [0.25, 0.3) is 5.91 Å². The molecule has 3 fully saturated rings. The fourth-order valence-corrected chi connectivity index (χ4v) is 4.62. The molecular formula is C20H19N3O4. The van der Waals surface area contributed by atoms with E-state index < -0.39 is 5.72 Å². The highest BCUT2D eigenvalue weighted by Gasteiger charge is 2.65. The third-order valence-electron chi connectivity index (χ3n) is 5.83. The van der Waals surface area contributed by atoms with Gasteiger partial charge in [-0.1, -0.05) is 30.3 Å². The number of amides is 2. The molecule has 5 rings (SSSR count). The molecule has 3 aliphatic heterocycles. The number of carbonyl (C=O) groups excluding carboxylic acids is 2. The number of carbonyl (C=O) groups is 2. The number of benzene rings is 1. The highest BCUT2D eigenvalue weighted by molar-refractivity contribution is 5.96. The zero-order valence-electron chi connectivity index (χ0n) is 14.6. The van der Waals surface area contributed by atoms with Crippen LogP contribution in [0.25, 0.3) is 0 Å². The van der Waals surface area contributed by atoms with Crippen LogP contribution in [-0.2, 0) is 9.53 Å². The van der Waals surface area contributed by atoms with E-state index in [9.17, 15) is 14.7 Å². The summed E-state index contributed by atoms with van der Waals surface area (Å²) in [5, 5.41) is 9.62. The molecule has 0 saturated carbocycles. The topological polar surface area (TPSA) is 83.0 Å². The van der Waals surface area contributed by atoms with Crippen LogP contribution in [0.2, 0.25) is 0 Å². The van der Waals surface area contributed by atoms with Crippen molar-refractivity contribution in [2.24, 2.45) is 0 Å². The lowest BCUT2D eigenvalue weighted by Gasteiger charge is -2.32. The second-order valence-corrected chi connectivity index (χ2v) is 7.27. The van der Waals surface area contributed by atoms with Gasteiger partial charge in [0, 0.05) is 19.2 Å². The summed E-state index contributed by atoms with van der Waals surface area (Å²) in [4.78, 5) is 33.0. The molecule has 2 amide bonds. The Balaban J connectivity index is 1.45. The van der Waals surface area contributed by atoms with E-state index in [2.05, 4.69) is 4.98 Å². The van der Waals surface area contributed by atoms with E-state index >= 15 is 0 Å². The van der Waals surface area contributed by atoms with E-state index in [1.54, 1.807) is 4.90 Å². The van der Waals surface area contributed by atoms with Gasteiger partial charge in [0.15, 0.2) is 5.72 Å². The summed E-state index contributed by atoms with van der Waals surface area (Å²) in [5.41, 5.74) is 0.600. The minimum atomic E-state index is -0.752. The number of rotatable bonds is 2. The lowest BCUT2D eigenvalue weighted by Crippen LogP contribution is -2.48. The van der Waals surface area contributed by atoms with E-state index in [4.69, 9.17) is 4.74 Å². The Morgan fingerprint density at radius 2 is 2.07 bits per heavy atom. The average Bonchev–Trinajstić information content (AvgIpc) is 3.30. The van der Waals surface area contributed by atoms with Crippen LogP contribution in [0, 0.1) is 0 Å². The van der Waals surface area contributed by atoms with Crippen molar-refractivity contribution >= 4 is 11.8 Å². The molecule has 138 valence electrons. The van der Waals surface area contributed by atoms with Gasteiger partial charge in [-0.15, -0.1) is 0 Å². The minimum absolute atomic E-state index is 0.0185. The predicted molar refractivity (Wildman–Crippen MR) is 94.7 cm³/mol. The van der Waals surface area contributed by atoms with Crippen LogP contribution in [0.4, 0.5) is 0 Å². The first kappa shape index (κ1) is 16.3. The number of aromatic hydroxyl groups is 1. The summed E-state index contributed by atoms with van der Waals surface area (Å²) in [7, 11) is 0. The monoisotopic (exact) mass is 365 g/mol. The van der Waals surface area contributed by atoms with Gasteiger partial charge in [-0.3, -0.25) is 14.6 Å². The van der Waals surface area contributed by atoms with Gasteiger partial charge in [-0.05, 0) is 11.6 Å². The molecule has 3 aliphatic rings. The Labute approximate surface area is 156 Å². The molecule has 0 radical (unpaired) electrons. The van der Waals surface area contributed by atoms with Crippen molar-refractivity contribution in [1.29, 1.82) is 0 Å². The molecule has 0 aliphatic carbocycles. The maximum absolute atomic E-state index is 13.0. The molecule has 7 heteroatoms. The summed E-state index contributed by atoms with van der Waals surface area (Å²) < 4.78 is 6.44. The van der Waals surface area contributed by atoms with Crippen molar-refractivity contribution in [2.45, 2.75) is 30.7 Å². The van der Waals surface area contributed by atoms with Crippen molar-refractivity contribution < 1.29 is 19.4 Å². The summed E-state index contributed by atoms with van der Waals surface area (Å²) in [6.07, 6.45) is 3.39. The zero-order valence-corrected chi connectivity index (χ0v) is 14.6. The summed E-state index contributed by atoms with van der Waals surface area (Å²) >= 11 is 0. The molecule has 3 atom stereocenters. The maximum Gasteiger partial charge on any atom is 0.255 e. The lowest BCUT2D eigenvalue weighted by molar-refractivity contribution is -0.138. The van der Waals surface area contributed by atoms with Gasteiger partial charge >= 0.3 is 0 Å². The quantitative estimate of drug-likeness (QED) is 0.876. The molecule has 3 saturated heterocycles. The molecule has 1 aromatic heterocycles. The molecule has 0 unspecified atom stereocenters. The van der Waals surface area contributed by atoms with Crippen molar-refractivity contribution in [3.63, 3.8) is 0 Å². The van der Waals surface area contributed by atoms with Crippen LogP contribution in [0.15, 0.2) is 48.8 Å². The van der Waals surface area contributed by atoms with Crippen LogP contribution in [0.1, 0.15) is 34.9 Å². The third-order valence-corrected chi connectivity index (χ3v) is 5.83. The van der Waals surface area contributed by atoms with Crippen molar-refractivity contribution in [2.75, 3.05) is 13.1 Å². The van der Waals surface area contributed by atoms with Crippen LogP contribution in [0.3, 0.4) is 0 Å². The molecule has 27 heavy (non-hydrogen) atoms. The number of likely N-dealkylation sites (tertiary alicyclic amines) is 1. The second-order valence-electron chi connectivity index (χ2n) is 7.27. The van der Waals surface area contributed by atoms with Gasteiger partial charge in [0.05, 0.1) is 30.8 Å². The average molecular weight is 365 g/mol. The minimum Gasteiger partial charge on any atom is -0.506 e. The number of ether oxygens (including phenoxy) is 1. The number of pyridine rings is 1. The number of nitrogens with zero attached hydrogens (tertiary/aromatic N) is 3. The number of hydrogen-bond acceptors (Lipinski definition) is 5. The molecule has 7 nitrogen and oxygen atoms in total. The Bertz CT molecular complexity index is 918. The molecule has 2 aromatic rings. The fourth-order valence-electron chi connectivity index (χ4n) is 4.62. The molecule has 1 N–H and O–H groups in total. The zero-order chi connectivity index (χ0) is 18.6. The van der Waals surface area contributed by atoms with E-state index in [0.29, 0.717) is 25.1 Å². The Morgan fingerprint density at radius 3 is 2.85 bits per heavy atom. The van der Waals surface area contributed by atoms with Gasteiger partial charge in [-0.25, -0.2) is 0 Å². The predicted octanol–water partition coefficient (Wildman–Crippen LogP) is 1.70. The van der Waals surface area contributed by atoms with Crippen LogP contribution in [0.5, 0.6) is 5.75 Å². The number of hydrogen-bond donors (Lipinski definition) is 1. The third kappa shape index (κ3) is 2.35. The summed E-state index contributed by atoms with van der Waals surface area (Å²) in [6.45, 7) is 1.01. The molecular weight excluding hydrogens is 346 g/mol. The van der Waals surface area contributed by atoms with Gasteiger partial charge in [-0.2, -0.15) is 0 Å². The Morgan fingerprint density at radius 1 is 1.26 bits per heavy atom. The largest absolute Gasteiger partial charge is 0.506 e. The second kappa shape index (κ2) is 5.79. The van der Waals surface area contributed by atoms with Crippen LogP contribution in [-0.4, -0.2) is 56.6 Å². The van der Waals surface area contributed by atoms with Crippen molar-refractivity contribution in [3.05, 3.63) is 59.9 Å². The Kier molecular flexibility index (Phi) is 3.48. The van der Waals surface area contributed by atoms with Crippen molar-refractivity contribution in [3.8, 4) is 5.75 Å². The van der Waals surface area contributed by atoms with Gasteiger partial charge < -0.3 is 19.6 Å². The molecule has 1 aromatic carbocycles. The van der Waals surface area contributed by atoms with Gasteiger partial charge in [0.2, 0.25) is 5.91 Å². The summed E-state index contributed by atoms with van der Waals surface area (Å²) in [6, 6.07) is 10.9. The first-order chi connectivity index (χ1) is 13.1. The summed E-state index contributed by atoms with van der Waals surface area (Å²) in [5.74, 6) is -0.271. The smallest absolute Gasteiger partial charge is 0.255 e. The van der Waals surface area contributed by atoms with E-state index in [1.807, 2.05) is 35.2 Å². The number of aromatic nitrogens is 1. The lowest BCUT2D eigenvalue weighted by atomic mass is 10.1.